The number of carbonyl (C=O) groups excluding carboxylic acids is 1. The molecule has 4 N–H and O–H groups in total. The number of aromatic nitrogens is 2. The molecule has 152 valence electrons. The highest BCUT2D eigenvalue weighted by Gasteiger charge is 2.60. The maximum absolute atomic E-state index is 12.1. The highest BCUT2D eigenvalue weighted by atomic mass is 16.4. The molecular weight excluding hydrogens is 344 g/mol. The van der Waals surface area contributed by atoms with Crippen molar-refractivity contribution in [3.05, 3.63) is 18.2 Å². The minimum atomic E-state index is -0.966. The molecule has 1 aliphatic heterocycles. The minimum absolute atomic E-state index is 0.0556. The summed E-state index contributed by atoms with van der Waals surface area (Å²) in [5.41, 5.74) is -0.241. The number of nitrogens with zero attached hydrogens (tertiary/aromatic N) is 1. The van der Waals surface area contributed by atoms with Gasteiger partial charge in [0.25, 0.3) is 0 Å². The van der Waals surface area contributed by atoms with Crippen molar-refractivity contribution in [2.45, 2.75) is 95.7 Å². The topological polar surface area (TPSA) is 117 Å². The number of hydrogen-bond donors (Lipinski definition) is 4. The molecule has 0 aliphatic carbocycles. The van der Waals surface area contributed by atoms with Crippen molar-refractivity contribution in [1.29, 1.82) is 0 Å². The second-order valence-corrected chi connectivity index (χ2v) is 7.79. The Bertz CT molecular complexity index is 590. The number of rotatable bonds is 14. The number of hydrogen-bond acceptors (Lipinski definition) is 4. The Morgan fingerprint density at radius 2 is 1.96 bits per heavy atom. The molecule has 7 heteroatoms. The SMILES string of the molecule is CCCCCCCCCC(=O)NC(C)CC1N[C@@]1(Cc1c[nH]cn1)C(=O)O. The molecule has 1 aliphatic rings. The quantitative estimate of drug-likeness (QED) is 0.293. The van der Waals surface area contributed by atoms with Crippen LogP contribution in [-0.2, 0) is 16.0 Å². The molecule has 1 amide bonds. The van der Waals surface area contributed by atoms with Crippen LogP contribution in [0, 0.1) is 0 Å². The van der Waals surface area contributed by atoms with Crippen LogP contribution in [0.1, 0.15) is 77.3 Å². The number of carboxylic acid groups (broad SMARTS) is 1. The lowest BCUT2D eigenvalue weighted by atomic mass is 9.95. The first-order valence-electron chi connectivity index (χ1n) is 10.3. The van der Waals surface area contributed by atoms with Gasteiger partial charge in [-0.05, 0) is 19.8 Å². The van der Waals surface area contributed by atoms with Gasteiger partial charge >= 0.3 is 5.97 Å². The Morgan fingerprint density at radius 1 is 1.26 bits per heavy atom. The number of unbranched alkanes of at least 4 members (excludes halogenated alkanes) is 6. The number of aliphatic carboxylic acids is 1. The molecule has 2 rings (SSSR count). The fourth-order valence-corrected chi connectivity index (χ4v) is 3.67. The third-order valence-electron chi connectivity index (χ3n) is 5.34. The zero-order valence-corrected chi connectivity index (χ0v) is 16.6. The van der Waals surface area contributed by atoms with E-state index in [1.54, 1.807) is 12.5 Å². The molecule has 1 saturated heterocycles. The van der Waals surface area contributed by atoms with Gasteiger partial charge in [-0.15, -0.1) is 0 Å². The van der Waals surface area contributed by atoms with Crippen molar-refractivity contribution >= 4 is 11.9 Å². The molecule has 0 saturated carbocycles. The van der Waals surface area contributed by atoms with Crippen LogP contribution in [0.2, 0.25) is 0 Å². The Morgan fingerprint density at radius 3 is 2.59 bits per heavy atom. The average Bonchev–Trinajstić information content (AvgIpc) is 3.05. The average molecular weight is 379 g/mol. The molecule has 7 nitrogen and oxygen atoms in total. The largest absolute Gasteiger partial charge is 0.480 e. The van der Waals surface area contributed by atoms with Gasteiger partial charge in [-0.25, -0.2) is 4.98 Å². The van der Waals surface area contributed by atoms with Gasteiger partial charge in [-0.1, -0.05) is 45.4 Å². The smallest absolute Gasteiger partial charge is 0.325 e. The maximum atomic E-state index is 12.1. The van der Waals surface area contributed by atoms with Crippen molar-refractivity contribution in [3.63, 3.8) is 0 Å². The molecule has 2 unspecified atom stereocenters. The summed E-state index contributed by atoms with van der Waals surface area (Å²) in [6.07, 6.45) is 13.1. The predicted octanol–water partition coefficient (Wildman–Crippen LogP) is 2.78. The summed E-state index contributed by atoms with van der Waals surface area (Å²) in [4.78, 5) is 30.8. The molecule has 1 aromatic rings. The molecule has 1 fully saturated rings. The van der Waals surface area contributed by atoms with Crippen LogP contribution in [0.4, 0.5) is 0 Å². The lowest BCUT2D eigenvalue weighted by molar-refractivity contribution is -0.140. The zero-order valence-electron chi connectivity index (χ0n) is 16.6. The van der Waals surface area contributed by atoms with Crippen molar-refractivity contribution in [3.8, 4) is 0 Å². The first-order valence-corrected chi connectivity index (χ1v) is 10.3. The molecular formula is C20H34N4O3. The van der Waals surface area contributed by atoms with Crippen molar-refractivity contribution < 1.29 is 14.7 Å². The van der Waals surface area contributed by atoms with E-state index in [2.05, 4.69) is 27.5 Å². The number of carbonyl (C=O) groups is 2. The fourth-order valence-electron chi connectivity index (χ4n) is 3.67. The zero-order chi connectivity index (χ0) is 19.7. The third-order valence-corrected chi connectivity index (χ3v) is 5.34. The minimum Gasteiger partial charge on any atom is -0.480 e. The summed E-state index contributed by atoms with van der Waals surface area (Å²) in [5.74, 6) is -0.804. The van der Waals surface area contributed by atoms with E-state index < -0.39 is 11.5 Å². The second-order valence-electron chi connectivity index (χ2n) is 7.79. The van der Waals surface area contributed by atoms with E-state index in [4.69, 9.17) is 0 Å². The lowest BCUT2D eigenvalue weighted by Crippen LogP contribution is -2.36. The van der Waals surface area contributed by atoms with Crippen LogP contribution >= 0.6 is 0 Å². The van der Waals surface area contributed by atoms with Crippen LogP contribution in [0.5, 0.6) is 0 Å². The van der Waals surface area contributed by atoms with Gasteiger partial charge in [-0.3, -0.25) is 14.9 Å². The van der Waals surface area contributed by atoms with Gasteiger partial charge in [0.2, 0.25) is 5.91 Å². The van der Waals surface area contributed by atoms with Crippen molar-refractivity contribution in [2.75, 3.05) is 0 Å². The number of H-pyrrole nitrogens is 1. The Hall–Kier alpha value is -1.89. The highest BCUT2D eigenvalue weighted by Crippen LogP contribution is 2.33. The van der Waals surface area contributed by atoms with Crippen LogP contribution < -0.4 is 10.6 Å². The van der Waals surface area contributed by atoms with Crippen LogP contribution in [0.15, 0.2) is 12.5 Å². The van der Waals surface area contributed by atoms with Gasteiger partial charge in [-0.2, -0.15) is 0 Å². The van der Waals surface area contributed by atoms with E-state index in [1.165, 1.54) is 32.1 Å². The Balaban J connectivity index is 1.64. The number of nitrogens with one attached hydrogen (secondary N) is 3. The second kappa shape index (κ2) is 10.4. The number of imidazole rings is 1. The monoisotopic (exact) mass is 378 g/mol. The standard InChI is InChI=1S/C20H34N4O3/c1-3-4-5-6-7-8-9-10-18(25)23-15(2)11-17-20(24-17,19(26)27)12-16-13-21-14-22-16/h13-15,17,24H,3-12H2,1-2H3,(H,21,22)(H,23,25)(H,26,27)/t15?,17?,20-/m1/s1. The summed E-state index contributed by atoms with van der Waals surface area (Å²) >= 11 is 0. The molecule has 0 aromatic carbocycles. The van der Waals surface area contributed by atoms with Gasteiger partial charge in [0.15, 0.2) is 0 Å². The van der Waals surface area contributed by atoms with Gasteiger partial charge in [0, 0.05) is 31.1 Å². The van der Waals surface area contributed by atoms with E-state index in [-0.39, 0.29) is 18.0 Å². The number of carboxylic acids is 1. The Kier molecular flexibility index (Phi) is 8.28. The van der Waals surface area contributed by atoms with Crippen LogP contribution in [-0.4, -0.2) is 44.6 Å². The third kappa shape index (κ3) is 6.65. The van der Waals surface area contributed by atoms with Gasteiger partial charge < -0.3 is 15.4 Å². The van der Waals surface area contributed by atoms with E-state index in [0.717, 1.165) is 18.5 Å². The van der Waals surface area contributed by atoms with Crippen LogP contribution in [0.3, 0.4) is 0 Å². The maximum Gasteiger partial charge on any atom is 0.325 e. The summed E-state index contributed by atoms with van der Waals surface area (Å²) in [5, 5.41) is 15.7. The van der Waals surface area contributed by atoms with Crippen molar-refractivity contribution in [1.82, 2.24) is 20.6 Å². The fraction of sp³-hybridized carbons (Fsp3) is 0.750. The lowest BCUT2D eigenvalue weighted by Gasteiger charge is -2.15. The van der Waals surface area contributed by atoms with Gasteiger partial charge in [0.05, 0.1) is 12.0 Å². The van der Waals surface area contributed by atoms with Crippen LogP contribution in [0.25, 0.3) is 0 Å². The summed E-state index contributed by atoms with van der Waals surface area (Å²) in [6, 6.07) is -0.208. The molecule has 2 heterocycles. The summed E-state index contributed by atoms with van der Waals surface area (Å²) < 4.78 is 0. The van der Waals surface area contributed by atoms with Gasteiger partial charge in [0.1, 0.15) is 5.54 Å². The molecule has 0 bridgehead atoms. The summed E-state index contributed by atoms with van der Waals surface area (Å²) in [6.45, 7) is 4.14. The van der Waals surface area contributed by atoms with E-state index >= 15 is 0 Å². The molecule has 3 atom stereocenters. The molecule has 27 heavy (non-hydrogen) atoms. The summed E-state index contributed by atoms with van der Waals surface area (Å²) in [7, 11) is 0. The normalized spacial score (nSPS) is 22.4. The molecule has 1 aromatic heterocycles. The van der Waals surface area contributed by atoms with E-state index in [0.29, 0.717) is 19.3 Å². The van der Waals surface area contributed by atoms with E-state index in [9.17, 15) is 14.7 Å². The number of amides is 1. The predicted molar refractivity (Wildman–Crippen MR) is 104 cm³/mol. The highest BCUT2D eigenvalue weighted by molar-refractivity contribution is 5.84. The van der Waals surface area contributed by atoms with Crippen molar-refractivity contribution in [2.24, 2.45) is 0 Å². The van der Waals surface area contributed by atoms with E-state index in [1.807, 2.05) is 6.92 Å². The molecule has 0 spiro atoms. The Labute approximate surface area is 161 Å². The first kappa shape index (κ1) is 21.4. The number of aromatic amines is 1. The molecule has 0 radical (unpaired) electrons. The first-order chi connectivity index (χ1) is 13.0.